The molecule has 1 heterocycles. The number of fused-ring (bicyclic) bond motifs is 1. The van der Waals surface area contributed by atoms with Crippen LogP contribution < -0.4 is 9.04 Å². The molecule has 0 radical (unpaired) electrons. The number of ketones is 2. The first-order valence-electron chi connectivity index (χ1n) is 10.4. The SMILES string of the molecule is CCS(=O)(=O)N1CCc2cc(C(=O)COc3ccc(C(=O)c4ccccc4)cc3)ccc21. The van der Waals surface area contributed by atoms with E-state index < -0.39 is 10.0 Å². The topological polar surface area (TPSA) is 80.8 Å². The van der Waals surface area contributed by atoms with Crippen LogP contribution in [0.25, 0.3) is 0 Å². The third-order valence-electron chi connectivity index (χ3n) is 5.48. The molecule has 0 spiro atoms. The molecule has 1 aliphatic heterocycles. The molecule has 7 heteroatoms. The molecule has 0 atom stereocenters. The minimum absolute atomic E-state index is 0.0384. The van der Waals surface area contributed by atoms with Crippen LogP contribution in [0.3, 0.4) is 0 Å². The maximum absolute atomic E-state index is 12.6. The molecular formula is C25H23NO5S. The predicted molar refractivity (Wildman–Crippen MR) is 123 cm³/mol. The molecule has 1 aliphatic rings. The number of rotatable bonds is 8. The summed E-state index contributed by atoms with van der Waals surface area (Å²) in [6.45, 7) is 1.86. The number of sulfonamides is 1. The van der Waals surface area contributed by atoms with Gasteiger partial charge in [-0.1, -0.05) is 30.3 Å². The Morgan fingerprint density at radius 2 is 1.56 bits per heavy atom. The van der Waals surface area contributed by atoms with Gasteiger partial charge in [0.1, 0.15) is 5.75 Å². The number of carbonyl (C=O) groups excluding carboxylic acids is 2. The lowest BCUT2D eigenvalue weighted by atomic mass is 10.0. The highest BCUT2D eigenvalue weighted by Crippen LogP contribution is 2.31. The number of hydrogen-bond donors (Lipinski definition) is 0. The van der Waals surface area contributed by atoms with Gasteiger partial charge in [-0.3, -0.25) is 13.9 Å². The molecule has 0 aromatic heterocycles. The maximum atomic E-state index is 12.6. The summed E-state index contributed by atoms with van der Waals surface area (Å²) in [5.74, 6) is 0.250. The fourth-order valence-electron chi connectivity index (χ4n) is 3.68. The van der Waals surface area contributed by atoms with E-state index >= 15 is 0 Å². The van der Waals surface area contributed by atoms with E-state index in [1.54, 1.807) is 61.5 Å². The molecule has 0 saturated heterocycles. The summed E-state index contributed by atoms with van der Waals surface area (Å²) < 4.78 is 31.4. The van der Waals surface area contributed by atoms with Crippen LogP contribution in [0, 0.1) is 0 Å². The number of Topliss-reactive ketones (excluding diaryl/α,β-unsaturated/α-hetero) is 1. The van der Waals surface area contributed by atoms with Crippen molar-refractivity contribution in [3.8, 4) is 5.75 Å². The number of nitrogens with zero attached hydrogens (tertiary/aromatic N) is 1. The molecule has 3 aromatic rings. The van der Waals surface area contributed by atoms with Crippen LogP contribution in [0.2, 0.25) is 0 Å². The Bertz CT molecular complexity index is 1250. The third kappa shape index (κ3) is 4.43. The molecular weight excluding hydrogens is 426 g/mol. The van der Waals surface area contributed by atoms with Gasteiger partial charge in [-0.15, -0.1) is 0 Å². The quantitative estimate of drug-likeness (QED) is 0.488. The van der Waals surface area contributed by atoms with Crippen molar-refractivity contribution in [3.63, 3.8) is 0 Å². The zero-order chi connectivity index (χ0) is 22.7. The van der Waals surface area contributed by atoms with Crippen molar-refractivity contribution in [1.29, 1.82) is 0 Å². The first kappa shape index (κ1) is 21.8. The molecule has 0 amide bonds. The highest BCUT2D eigenvalue weighted by Gasteiger charge is 2.28. The number of benzene rings is 3. The monoisotopic (exact) mass is 449 g/mol. The second-order valence-corrected chi connectivity index (χ2v) is 9.68. The van der Waals surface area contributed by atoms with Gasteiger partial charge in [0.2, 0.25) is 10.0 Å². The van der Waals surface area contributed by atoms with Crippen molar-refractivity contribution in [3.05, 3.63) is 95.1 Å². The first-order chi connectivity index (χ1) is 15.4. The van der Waals surface area contributed by atoms with Gasteiger partial charge in [0.25, 0.3) is 0 Å². The van der Waals surface area contributed by atoms with E-state index in [-0.39, 0.29) is 23.9 Å². The van der Waals surface area contributed by atoms with Gasteiger partial charge in [-0.25, -0.2) is 8.42 Å². The molecule has 0 bridgehead atoms. The van der Waals surface area contributed by atoms with Crippen LogP contribution in [-0.2, 0) is 16.4 Å². The Morgan fingerprint density at radius 1 is 0.906 bits per heavy atom. The molecule has 3 aromatic carbocycles. The number of ether oxygens (including phenoxy) is 1. The number of hydrogen-bond acceptors (Lipinski definition) is 5. The Morgan fingerprint density at radius 3 is 2.25 bits per heavy atom. The summed E-state index contributed by atoms with van der Waals surface area (Å²) in [4.78, 5) is 25.1. The number of anilines is 1. The average Bonchev–Trinajstić information content (AvgIpc) is 3.27. The maximum Gasteiger partial charge on any atom is 0.234 e. The smallest absolute Gasteiger partial charge is 0.234 e. The average molecular weight is 450 g/mol. The van der Waals surface area contributed by atoms with Crippen LogP contribution in [0.15, 0.2) is 72.8 Å². The van der Waals surface area contributed by atoms with Gasteiger partial charge in [0, 0.05) is 23.2 Å². The zero-order valence-electron chi connectivity index (χ0n) is 17.7. The highest BCUT2D eigenvalue weighted by molar-refractivity contribution is 7.92. The van der Waals surface area contributed by atoms with Crippen LogP contribution in [-0.4, -0.2) is 38.9 Å². The lowest BCUT2D eigenvalue weighted by Crippen LogP contribution is -2.30. The first-order valence-corrected chi connectivity index (χ1v) is 12.0. The number of carbonyl (C=O) groups is 2. The van der Waals surface area contributed by atoms with Gasteiger partial charge in [0.15, 0.2) is 18.2 Å². The Labute approximate surface area is 187 Å². The molecule has 0 fully saturated rings. The minimum atomic E-state index is -3.32. The Balaban J connectivity index is 1.40. The molecule has 0 saturated carbocycles. The molecule has 4 rings (SSSR count). The molecule has 0 N–H and O–H groups in total. The van der Waals surface area contributed by atoms with Crippen molar-refractivity contribution >= 4 is 27.3 Å². The van der Waals surface area contributed by atoms with Gasteiger partial charge in [-0.2, -0.15) is 0 Å². The lowest BCUT2D eigenvalue weighted by molar-refractivity contribution is 0.0920. The van der Waals surface area contributed by atoms with E-state index in [1.807, 2.05) is 18.2 Å². The van der Waals surface area contributed by atoms with Crippen molar-refractivity contribution in [2.75, 3.05) is 23.2 Å². The van der Waals surface area contributed by atoms with Crippen molar-refractivity contribution in [2.24, 2.45) is 0 Å². The third-order valence-corrected chi connectivity index (χ3v) is 7.26. The second kappa shape index (κ2) is 8.96. The molecule has 6 nitrogen and oxygen atoms in total. The Kier molecular flexibility index (Phi) is 6.10. The summed E-state index contributed by atoms with van der Waals surface area (Å²) in [7, 11) is -3.32. The van der Waals surface area contributed by atoms with E-state index in [1.165, 1.54) is 4.31 Å². The Hall–Kier alpha value is -3.45. The summed E-state index contributed by atoms with van der Waals surface area (Å²) in [5, 5.41) is 0. The van der Waals surface area contributed by atoms with Gasteiger partial charge in [0.05, 0.1) is 11.4 Å². The molecule has 0 unspecified atom stereocenters. The van der Waals surface area contributed by atoms with Crippen molar-refractivity contribution in [1.82, 2.24) is 0 Å². The van der Waals surface area contributed by atoms with Crippen LogP contribution >= 0.6 is 0 Å². The van der Waals surface area contributed by atoms with E-state index in [9.17, 15) is 18.0 Å². The largest absolute Gasteiger partial charge is 0.485 e. The summed E-state index contributed by atoms with van der Waals surface area (Å²) in [6.07, 6.45) is 0.577. The van der Waals surface area contributed by atoms with Gasteiger partial charge >= 0.3 is 0 Å². The predicted octanol–water partition coefficient (Wildman–Crippen LogP) is 3.89. The summed E-state index contributed by atoms with van der Waals surface area (Å²) in [6, 6.07) is 20.8. The van der Waals surface area contributed by atoms with Crippen LogP contribution in [0.4, 0.5) is 5.69 Å². The standard InChI is InChI=1S/C25H23NO5S/c1-2-32(29,30)26-15-14-20-16-21(10-13-23(20)26)24(27)17-31-22-11-8-19(9-12-22)25(28)18-6-4-3-5-7-18/h3-13,16H,2,14-15,17H2,1H3. The minimum Gasteiger partial charge on any atom is -0.485 e. The fourth-order valence-corrected chi connectivity index (χ4v) is 4.84. The second-order valence-electron chi connectivity index (χ2n) is 7.50. The summed E-state index contributed by atoms with van der Waals surface area (Å²) in [5.41, 5.74) is 3.12. The van der Waals surface area contributed by atoms with Gasteiger partial charge in [-0.05, 0) is 61.4 Å². The lowest BCUT2D eigenvalue weighted by Gasteiger charge is -2.18. The van der Waals surface area contributed by atoms with Crippen LogP contribution in [0.5, 0.6) is 5.75 Å². The summed E-state index contributed by atoms with van der Waals surface area (Å²) >= 11 is 0. The molecule has 32 heavy (non-hydrogen) atoms. The van der Waals surface area contributed by atoms with Crippen molar-refractivity contribution < 1.29 is 22.7 Å². The van der Waals surface area contributed by atoms with E-state index in [2.05, 4.69) is 0 Å². The normalized spacial score (nSPS) is 13.0. The zero-order valence-corrected chi connectivity index (χ0v) is 18.5. The van der Waals surface area contributed by atoms with Crippen LogP contribution in [0.1, 0.15) is 38.8 Å². The van der Waals surface area contributed by atoms with Gasteiger partial charge < -0.3 is 4.74 Å². The molecule has 164 valence electrons. The van der Waals surface area contributed by atoms with E-state index in [0.29, 0.717) is 41.1 Å². The van der Waals surface area contributed by atoms with E-state index in [0.717, 1.165) is 5.56 Å². The highest BCUT2D eigenvalue weighted by atomic mass is 32.2. The van der Waals surface area contributed by atoms with Crippen molar-refractivity contribution in [2.45, 2.75) is 13.3 Å². The van der Waals surface area contributed by atoms with E-state index in [4.69, 9.17) is 4.74 Å². The fraction of sp³-hybridized carbons (Fsp3) is 0.200. The molecule has 0 aliphatic carbocycles.